The summed E-state index contributed by atoms with van der Waals surface area (Å²) in [7, 11) is 0. The molecular weight excluding hydrogens is 311 g/mol. The summed E-state index contributed by atoms with van der Waals surface area (Å²) in [5, 5.41) is 16.8. The second-order valence-electron chi connectivity index (χ2n) is 5.90. The predicted molar refractivity (Wildman–Crippen MR) is 75.7 cm³/mol. The maximum atomic E-state index is 9.93. The van der Waals surface area contributed by atoms with E-state index < -0.39 is 0 Å². The minimum Gasteiger partial charge on any atom is -0.679 e. The van der Waals surface area contributed by atoms with Crippen LogP contribution in [0.15, 0.2) is 30.3 Å². The van der Waals surface area contributed by atoms with E-state index in [9.17, 15) is 5.11 Å². The van der Waals surface area contributed by atoms with Gasteiger partial charge in [-0.1, -0.05) is 57.0 Å². The molecule has 0 aromatic heterocycles. The Morgan fingerprint density at radius 2 is 1.89 bits per heavy atom. The van der Waals surface area contributed by atoms with Crippen molar-refractivity contribution in [3.63, 3.8) is 0 Å². The third-order valence-corrected chi connectivity index (χ3v) is 3.78. The number of aromatic hydroxyl groups is 1. The summed E-state index contributed by atoms with van der Waals surface area (Å²) >= 11 is 0. The van der Waals surface area contributed by atoms with Gasteiger partial charge in [0.2, 0.25) is 0 Å². The summed E-state index contributed by atoms with van der Waals surface area (Å²) in [5.74, 6) is 0.824. The molecule has 97 valence electrons. The molecule has 1 radical (unpaired) electrons. The Labute approximate surface area is 139 Å². The van der Waals surface area contributed by atoms with Crippen LogP contribution < -0.4 is 0 Å². The predicted octanol–water partition coefficient (Wildman–Crippen LogP) is 4.83. The zero-order chi connectivity index (χ0) is 12.9. The van der Waals surface area contributed by atoms with Gasteiger partial charge in [0.15, 0.2) is 0 Å². The van der Waals surface area contributed by atoms with Crippen LogP contribution >= 0.6 is 0 Å². The molecule has 1 atom stereocenters. The zero-order valence-corrected chi connectivity index (χ0v) is 14.5. The Morgan fingerprint density at radius 1 is 1.16 bits per heavy atom. The average Bonchev–Trinajstić information content (AvgIpc) is 2.26. The van der Waals surface area contributed by atoms with E-state index in [0.29, 0.717) is 11.7 Å². The topological polar surface area (TPSA) is 34.3 Å². The van der Waals surface area contributed by atoms with Gasteiger partial charge in [-0.05, 0) is 17.4 Å². The van der Waals surface area contributed by atoms with Crippen molar-refractivity contribution in [2.45, 2.75) is 38.6 Å². The second-order valence-corrected chi connectivity index (χ2v) is 5.90. The number of hydrogen-bond acceptors (Lipinski definition) is 1. The summed E-state index contributed by atoms with van der Waals surface area (Å²) < 4.78 is 0. The summed E-state index contributed by atoms with van der Waals surface area (Å²) in [4.78, 5) is 0. The largest absolute Gasteiger partial charge is 0.679 e. The molecule has 3 rings (SSSR count). The Kier molecular flexibility index (Phi) is 3.95. The quantitative estimate of drug-likeness (QED) is 0.738. The van der Waals surface area contributed by atoms with Gasteiger partial charge in [-0.15, -0.1) is 11.2 Å². The number of hydrogen-bond donors (Lipinski definition) is 1. The third-order valence-electron chi connectivity index (χ3n) is 3.78. The minimum atomic E-state index is 0. The first-order valence-corrected chi connectivity index (χ1v) is 6.45. The maximum Gasteiger partial charge on any atom is 0.123 e. The first-order chi connectivity index (χ1) is 8.48. The molecule has 0 amide bonds. The molecule has 1 heterocycles. The number of phenolic OH excluding ortho intramolecular Hbond substituents is 1. The number of rotatable bonds is 0. The normalized spacial score (nSPS) is 20.3. The fourth-order valence-corrected chi connectivity index (χ4v) is 3.19. The smallest absolute Gasteiger partial charge is 0.123 e. The molecule has 0 saturated carbocycles. The molecule has 0 bridgehead atoms. The average molecular weight is 329 g/mol. The number of phenols is 1. The third kappa shape index (κ3) is 2.53. The Bertz CT molecular complexity index is 621. The van der Waals surface area contributed by atoms with Gasteiger partial charge >= 0.3 is 0 Å². The van der Waals surface area contributed by atoms with Crippen LogP contribution in [0.4, 0.5) is 5.69 Å². The van der Waals surface area contributed by atoms with Gasteiger partial charge in [-0.2, -0.15) is 0 Å². The Morgan fingerprint density at radius 3 is 2.63 bits per heavy atom. The number of nitrogens with zero attached hydrogens (tertiary/aromatic N) is 1. The number of fused-ring (bicyclic) bond motifs is 3. The van der Waals surface area contributed by atoms with Crippen molar-refractivity contribution in [3.8, 4) is 5.75 Å². The van der Waals surface area contributed by atoms with Gasteiger partial charge in [0.25, 0.3) is 0 Å². The molecule has 1 unspecified atom stereocenters. The van der Waals surface area contributed by atoms with Gasteiger partial charge < -0.3 is 10.4 Å². The van der Waals surface area contributed by atoms with Crippen LogP contribution in [-0.2, 0) is 32.7 Å². The van der Waals surface area contributed by atoms with Crippen molar-refractivity contribution < 1.29 is 37.8 Å². The van der Waals surface area contributed by atoms with Gasteiger partial charge in [-0.25, -0.2) is 0 Å². The molecule has 1 aliphatic heterocycles. The first kappa shape index (κ1) is 14.8. The summed E-state index contributed by atoms with van der Waals surface area (Å²) in [6.45, 7) is 6.61. The van der Waals surface area contributed by atoms with Crippen LogP contribution in [0.5, 0.6) is 5.75 Å². The molecule has 3 heteroatoms. The van der Waals surface area contributed by atoms with Gasteiger partial charge in [0.05, 0.1) is 0 Å². The monoisotopic (exact) mass is 329 g/mol. The van der Waals surface area contributed by atoms with Crippen LogP contribution in [0.25, 0.3) is 16.1 Å². The molecule has 0 spiro atoms. The molecule has 0 fully saturated rings. The van der Waals surface area contributed by atoms with Crippen molar-refractivity contribution in [1.29, 1.82) is 0 Å². The van der Waals surface area contributed by atoms with Crippen LogP contribution in [0.2, 0.25) is 0 Å². The van der Waals surface area contributed by atoms with E-state index in [1.807, 2.05) is 18.2 Å². The standard InChI is InChI=1S/C16H18NO.Y/c1-10-9-16(2,3)17-13-8-7-11-12(15(10)13)5-4-6-14(11)18;/h4-8,10,18H,9H2,1-3H3;/q-1;. The van der Waals surface area contributed by atoms with Crippen LogP contribution in [0, 0.1) is 0 Å². The van der Waals surface area contributed by atoms with E-state index in [1.165, 1.54) is 5.56 Å². The van der Waals surface area contributed by atoms with Crippen LogP contribution in [0.1, 0.15) is 38.7 Å². The molecule has 2 nitrogen and oxygen atoms in total. The molecular formula is C16H18NOY-. The van der Waals surface area contributed by atoms with E-state index in [-0.39, 0.29) is 38.2 Å². The van der Waals surface area contributed by atoms with Gasteiger partial charge in [-0.3, -0.25) is 0 Å². The van der Waals surface area contributed by atoms with Gasteiger partial charge in [0, 0.05) is 38.1 Å². The first-order valence-electron chi connectivity index (χ1n) is 6.45. The van der Waals surface area contributed by atoms with Crippen molar-refractivity contribution in [2.24, 2.45) is 0 Å². The SMILES string of the molecule is CC1CC(C)(C)[N-]c2ccc3c(O)cccc3c21.[Y]. The van der Waals surface area contributed by atoms with Crippen molar-refractivity contribution >= 4 is 16.5 Å². The van der Waals surface area contributed by atoms with Crippen LogP contribution in [-0.4, -0.2) is 10.6 Å². The summed E-state index contributed by atoms with van der Waals surface area (Å²) in [6, 6.07) is 9.74. The molecule has 2 aromatic carbocycles. The molecule has 0 saturated heterocycles. The van der Waals surface area contributed by atoms with E-state index >= 15 is 0 Å². The van der Waals surface area contributed by atoms with E-state index in [0.717, 1.165) is 22.9 Å². The summed E-state index contributed by atoms with van der Waals surface area (Å²) in [5.41, 5.74) is 2.37. The van der Waals surface area contributed by atoms with Gasteiger partial charge in [0.1, 0.15) is 5.75 Å². The van der Waals surface area contributed by atoms with Crippen molar-refractivity contribution in [1.82, 2.24) is 0 Å². The summed E-state index contributed by atoms with van der Waals surface area (Å²) in [6.07, 6.45) is 1.05. The molecule has 1 N–H and O–H groups in total. The maximum absolute atomic E-state index is 9.93. The second kappa shape index (κ2) is 5.07. The molecule has 0 aliphatic carbocycles. The van der Waals surface area contributed by atoms with E-state index in [1.54, 1.807) is 6.07 Å². The minimum absolute atomic E-state index is 0. The zero-order valence-electron chi connectivity index (χ0n) is 11.6. The molecule has 19 heavy (non-hydrogen) atoms. The van der Waals surface area contributed by atoms with Crippen LogP contribution in [0.3, 0.4) is 0 Å². The van der Waals surface area contributed by atoms with E-state index in [2.05, 4.69) is 26.8 Å². The fourth-order valence-electron chi connectivity index (χ4n) is 3.19. The Balaban J connectivity index is 0.00000133. The van der Waals surface area contributed by atoms with Crippen molar-refractivity contribution in [3.05, 3.63) is 41.2 Å². The fraction of sp³-hybridized carbons (Fsp3) is 0.375. The number of benzene rings is 2. The van der Waals surface area contributed by atoms with Crippen molar-refractivity contribution in [2.75, 3.05) is 0 Å². The molecule has 1 aliphatic rings. The van der Waals surface area contributed by atoms with E-state index in [4.69, 9.17) is 5.32 Å². The Hall–Kier alpha value is -0.596. The molecule has 2 aromatic rings.